The standard InChI is InChI=1S/C23H25N5O4S/c1-17-14-22(29)25-19-7-3-4-8-20(19)28(17)23(30)16-26-10-12-27(13-11-26)33(31,32)21-9-5-2-6-18(21)15-24/h2-9,17H,10-14,16H2,1H3,(H,25,29). The lowest BCUT2D eigenvalue weighted by Crippen LogP contribution is -2.52. The predicted molar refractivity (Wildman–Crippen MR) is 123 cm³/mol. The monoisotopic (exact) mass is 467 g/mol. The summed E-state index contributed by atoms with van der Waals surface area (Å²) in [5.74, 6) is -0.278. The van der Waals surface area contributed by atoms with Crippen LogP contribution in [0.5, 0.6) is 0 Å². The topological polar surface area (TPSA) is 114 Å². The number of nitrogens with one attached hydrogen (secondary N) is 1. The smallest absolute Gasteiger partial charge is 0.244 e. The average molecular weight is 468 g/mol. The molecule has 2 amide bonds. The largest absolute Gasteiger partial charge is 0.324 e. The molecule has 0 spiro atoms. The number of nitrogens with zero attached hydrogens (tertiary/aromatic N) is 4. The molecule has 9 nitrogen and oxygen atoms in total. The Balaban J connectivity index is 1.45. The third-order valence-electron chi connectivity index (χ3n) is 5.94. The second-order valence-electron chi connectivity index (χ2n) is 8.17. The Bertz CT molecular complexity index is 1220. The number of rotatable bonds is 4. The molecule has 0 aliphatic carbocycles. The molecule has 2 aromatic rings. The number of para-hydroxylation sites is 2. The van der Waals surface area contributed by atoms with E-state index in [1.54, 1.807) is 23.1 Å². The summed E-state index contributed by atoms with van der Waals surface area (Å²) in [7, 11) is -3.79. The van der Waals surface area contributed by atoms with Gasteiger partial charge in [0.05, 0.1) is 28.4 Å². The van der Waals surface area contributed by atoms with E-state index in [0.717, 1.165) is 0 Å². The van der Waals surface area contributed by atoms with Gasteiger partial charge in [0, 0.05) is 38.6 Å². The highest BCUT2D eigenvalue weighted by molar-refractivity contribution is 7.89. The lowest BCUT2D eigenvalue weighted by atomic mass is 10.1. The molecule has 172 valence electrons. The first-order valence-corrected chi connectivity index (χ1v) is 12.2. The lowest BCUT2D eigenvalue weighted by molar-refractivity contribution is -0.120. The molecule has 0 bridgehead atoms. The Hall–Kier alpha value is -3.26. The van der Waals surface area contributed by atoms with Gasteiger partial charge < -0.3 is 10.2 Å². The molecule has 1 unspecified atom stereocenters. The molecular formula is C23H25N5O4S. The summed E-state index contributed by atoms with van der Waals surface area (Å²) < 4.78 is 27.4. The van der Waals surface area contributed by atoms with Crippen LogP contribution in [-0.2, 0) is 19.6 Å². The minimum Gasteiger partial charge on any atom is -0.324 e. The van der Waals surface area contributed by atoms with Crippen LogP contribution >= 0.6 is 0 Å². The van der Waals surface area contributed by atoms with Crippen LogP contribution < -0.4 is 10.2 Å². The van der Waals surface area contributed by atoms with E-state index in [2.05, 4.69) is 5.32 Å². The van der Waals surface area contributed by atoms with Gasteiger partial charge in [-0.2, -0.15) is 9.57 Å². The molecule has 1 N–H and O–H groups in total. The van der Waals surface area contributed by atoms with Crippen molar-refractivity contribution >= 4 is 33.2 Å². The van der Waals surface area contributed by atoms with Crippen molar-refractivity contribution in [3.63, 3.8) is 0 Å². The molecule has 10 heteroatoms. The van der Waals surface area contributed by atoms with Crippen LogP contribution in [0.2, 0.25) is 0 Å². The zero-order chi connectivity index (χ0) is 23.6. The summed E-state index contributed by atoms with van der Waals surface area (Å²) in [6.07, 6.45) is 0.199. The first-order chi connectivity index (χ1) is 15.8. The van der Waals surface area contributed by atoms with E-state index < -0.39 is 10.0 Å². The zero-order valence-electron chi connectivity index (χ0n) is 18.3. The third-order valence-corrected chi connectivity index (χ3v) is 7.90. The number of fused-ring (bicyclic) bond motifs is 1. The van der Waals surface area contributed by atoms with Crippen molar-refractivity contribution in [1.29, 1.82) is 5.26 Å². The summed E-state index contributed by atoms with van der Waals surface area (Å²) in [5.41, 5.74) is 1.38. The molecule has 4 rings (SSSR count). The van der Waals surface area contributed by atoms with Crippen molar-refractivity contribution < 1.29 is 18.0 Å². The summed E-state index contributed by atoms with van der Waals surface area (Å²) >= 11 is 0. The summed E-state index contributed by atoms with van der Waals surface area (Å²) in [6.45, 7) is 3.19. The molecule has 2 aromatic carbocycles. The Morgan fingerprint density at radius 3 is 2.48 bits per heavy atom. The Kier molecular flexibility index (Phi) is 6.47. The maximum absolute atomic E-state index is 13.3. The number of carbonyl (C=O) groups excluding carboxylic acids is 2. The van der Waals surface area contributed by atoms with Crippen molar-refractivity contribution in [3.8, 4) is 6.07 Å². The van der Waals surface area contributed by atoms with Crippen molar-refractivity contribution in [3.05, 3.63) is 54.1 Å². The van der Waals surface area contributed by atoms with Crippen molar-refractivity contribution in [2.75, 3.05) is 42.9 Å². The van der Waals surface area contributed by atoms with E-state index >= 15 is 0 Å². The number of carbonyl (C=O) groups is 2. The van der Waals surface area contributed by atoms with Crippen LogP contribution in [0.15, 0.2) is 53.4 Å². The quantitative estimate of drug-likeness (QED) is 0.731. The van der Waals surface area contributed by atoms with Gasteiger partial charge in [0.25, 0.3) is 0 Å². The van der Waals surface area contributed by atoms with E-state index in [9.17, 15) is 23.3 Å². The maximum atomic E-state index is 13.3. The molecule has 1 fully saturated rings. The third kappa shape index (κ3) is 4.61. The van der Waals surface area contributed by atoms with Crippen molar-refractivity contribution in [2.45, 2.75) is 24.3 Å². The van der Waals surface area contributed by atoms with Crippen molar-refractivity contribution in [1.82, 2.24) is 9.21 Å². The van der Waals surface area contributed by atoms with Crippen LogP contribution in [-0.4, -0.2) is 68.2 Å². The number of nitriles is 1. The van der Waals surface area contributed by atoms with Gasteiger partial charge in [0.2, 0.25) is 21.8 Å². The second-order valence-corrected chi connectivity index (χ2v) is 10.1. The zero-order valence-corrected chi connectivity index (χ0v) is 19.1. The van der Waals surface area contributed by atoms with Gasteiger partial charge in [-0.15, -0.1) is 0 Å². The van der Waals surface area contributed by atoms with Crippen molar-refractivity contribution in [2.24, 2.45) is 0 Å². The second kappa shape index (κ2) is 9.31. The molecule has 0 radical (unpaired) electrons. The van der Waals surface area contributed by atoms with Gasteiger partial charge in [-0.25, -0.2) is 8.42 Å². The van der Waals surface area contributed by atoms with Gasteiger partial charge >= 0.3 is 0 Å². The molecule has 2 aliphatic heterocycles. The lowest BCUT2D eigenvalue weighted by Gasteiger charge is -2.35. The molecule has 1 saturated heterocycles. The van der Waals surface area contributed by atoms with E-state index in [1.807, 2.05) is 36.1 Å². The minimum atomic E-state index is -3.79. The van der Waals surface area contributed by atoms with Crippen LogP contribution in [0.25, 0.3) is 0 Å². The molecule has 33 heavy (non-hydrogen) atoms. The fourth-order valence-electron chi connectivity index (χ4n) is 4.29. The number of sulfonamides is 1. The molecule has 2 heterocycles. The highest BCUT2D eigenvalue weighted by atomic mass is 32.2. The highest BCUT2D eigenvalue weighted by Gasteiger charge is 2.33. The fraction of sp³-hybridized carbons (Fsp3) is 0.348. The predicted octanol–water partition coefficient (Wildman–Crippen LogP) is 1.63. The number of piperazine rings is 1. The highest BCUT2D eigenvalue weighted by Crippen LogP contribution is 2.31. The first kappa shape index (κ1) is 22.9. The van der Waals surface area contributed by atoms with Crippen LogP contribution in [0.1, 0.15) is 18.9 Å². The molecule has 2 aliphatic rings. The molecule has 1 atom stereocenters. The Labute approximate surface area is 193 Å². The number of hydrogen-bond donors (Lipinski definition) is 1. The average Bonchev–Trinajstić information content (AvgIpc) is 2.93. The molecular weight excluding hydrogens is 442 g/mol. The molecule has 0 saturated carbocycles. The van der Waals surface area contributed by atoms with Gasteiger partial charge in [0.15, 0.2) is 0 Å². The van der Waals surface area contributed by atoms with Gasteiger partial charge in [-0.1, -0.05) is 24.3 Å². The van der Waals surface area contributed by atoms with E-state index in [1.165, 1.54) is 16.4 Å². The Morgan fingerprint density at radius 2 is 1.76 bits per heavy atom. The summed E-state index contributed by atoms with van der Waals surface area (Å²) in [6, 6.07) is 15.0. The summed E-state index contributed by atoms with van der Waals surface area (Å²) in [5, 5.41) is 12.1. The van der Waals surface area contributed by atoms with Crippen LogP contribution in [0.3, 0.4) is 0 Å². The Morgan fingerprint density at radius 1 is 1.09 bits per heavy atom. The minimum absolute atomic E-state index is 0.00388. The summed E-state index contributed by atoms with van der Waals surface area (Å²) in [4.78, 5) is 29.0. The van der Waals surface area contributed by atoms with Gasteiger partial charge in [0.1, 0.15) is 6.07 Å². The van der Waals surface area contributed by atoms with Gasteiger partial charge in [-0.05, 0) is 31.2 Å². The molecule has 0 aromatic heterocycles. The maximum Gasteiger partial charge on any atom is 0.244 e. The van der Waals surface area contributed by atoms with E-state index in [4.69, 9.17) is 0 Å². The normalized spacial score (nSPS) is 19.8. The fourth-order valence-corrected chi connectivity index (χ4v) is 5.85. The van der Waals surface area contributed by atoms with E-state index in [-0.39, 0.29) is 54.4 Å². The first-order valence-electron chi connectivity index (χ1n) is 10.7. The SMILES string of the molecule is CC1CC(=O)Nc2ccccc2N1C(=O)CN1CCN(S(=O)(=O)c2ccccc2C#N)CC1. The number of benzene rings is 2. The number of anilines is 2. The van der Waals surface area contributed by atoms with Gasteiger partial charge in [-0.3, -0.25) is 14.5 Å². The number of hydrogen-bond acceptors (Lipinski definition) is 6. The van der Waals surface area contributed by atoms with Crippen LogP contribution in [0, 0.1) is 11.3 Å². The van der Waals surface area contributed by atoms with E-state index in [0.29, 0.717) is 24.5 Å². The van der Waals surface area contributed by atoms with Crippen LogP contribution in [0.4, 0.5) is 11.4 Å². The number of amides is 2.